The van der Waals surface area contributed by atoms with Crippen LogP contribution in [0.15, 0.2) is 0 Å². The molecule has 0 aliphatic heterocycles. The molecule has 1 fully saturated rings. The summed E-state index contributed by atoms with van der Waals surface area (Å²) in [6.45, 7) is 2.98. The smallest absolute Gasteiger partial charge is 0.309 e. The van der Waals surface area contributed by atoms with Gasteiger partial charge in [0.2, 0.25) is 15.9 Å². The van der Waals surface area contributed by atoms with Gasteiger partial charge in [0, 0.05) is 19.0 Å². The van der Waals surface area contributed by atoms with E-state index < -0.39 is 27.2 Å². The van der Waals surface area contributed by atoms with E-state index in [2.05, 4.69) is 14.8 Å². The minimum atomic E-state index is -3.67. The van der Waals surface area contributed by atoms with Crippen LogP contribution in [-0.2, 0) is 24.3 Å². The number of methoxy groups -OCH3 is 1. The number of hydrogen-bond acceptors (Lipinski definition) is 5. The molecule has 8 heteroatoms. The van der Waals surface area contributed by atoms with Crippen LogP contribution < -0.4 is 10.0 Å². The zero-order chi connectivity index (χ0) is 17.5. The van der Waals surface area contributed by atoms with Crippen LogP contribution in [0, 0.1) is 5.92 Å². The SMILES string of the molecule is COC(=O)C(C)C(C)S(=O)(=O)NCCC(=O)NC1CCCCC1. The second-order valence-corrected chi connectivity index (χ2v) is 8.23. The Hall–Kier alpha value is -1.15. The van der Waals surface area contributed by atoms with Gasteiger partial charge in [0.15, 0.2) is 0 Å². The van der Waals surface area contributed by atoms with E-state index in [9.17, 15) is 18.0 Å². The van der Waals surface area contributed by atoms with E-state index >= 15 is 0 Å². The Kier molecular flexibility index (Phi) is 7.98. The van der Waals surface area contributed by atoms with E-state index in [0.29, 0.717) is 0 Å². The Labute approximate surface area is 138 Å². The van der Waals surface area contributed by atoms with Crippen molar-refractivity contribution in [1.82, 2.24) is 10.0 Å². The Balaban J connectivity index is 2.37. The number of esters is 1. The van der Waals surface area contributed by atoms with Crippen LogP contribution in [0.4, 0.5) is 0 Å². The average Bonchev–Trinajstić information content (AvgIpc) is 2.53. The molecule has 1 aliphatic carbocycles. The molecule has 0 saturated heterocycles. The van der Waals surface area contributed by atoms with Gasteiger partial charge in [0.1, 0.15) is 0 Å². The minimum absolute atomic E-state index is 0.0269. The highest BCUT2D eigenvalue weighted by atomic mass is 32.2. The molecule has 1 amide bonds. The third-order valence-corrected chi connectivity index (χ3v) is 6.39. The monoisotopic (exact) mass is 348 g/mol. The van der Waals surface area contributed by atoms with Crippen LogP contribution in [0.1, 0.15) is 52.4 Å². The highest BCUT2D eigenvalue weighted by molar-refractivity contribution is 7.90. The summed E-state index contributed by atoms with van der Waals surface area (Å²) in [5.41, 5.74) is 0. The fraction of sp³-hybridized carbons (Fsp3) is 0.867. The van der Waals surface area contributed by atoms with Gasteiger partial charge >= 0.3 is 5.97 Å². The lowest BCUT2D eigenvalue weighted by molar-refractivity contribution is -0.144. The van der Waals surface area contributed by atoms with E-state index in [0.717, 1.165) is 25.7 Å². The lowest BCUT2D eigenvalue weighted by Gasteiger charge is -2.23. The predicted molar refractivity (Wildman–Crippen MR) is 87.2 cm³/mol. The molecule has 2 N–H and O–H groups in total. The minimum Gasteiger partial charge on any atom is -0.469 e. The number of carbonyl (C=O) groups is 2. The first-order valence-corrected chi connectivity index (χ1v) is 9.68. The first-order valence-electron chi connectivity index (χ1n) is 8.13. The molecule has 2 unspecified atom stereocenters. The van der Waals surface area contributed by atoms with Crippen molar-refractivity contribution in [3.05, 3.63) is 0 Å². The first-order chi connectivity index (χ1) is 10.8. The van der Waals surface area contributed by atoms with Gasteiger partial charge < -0.3 is 10.1 Å². The van der Waals surface area contributed by atoms with Crippen molar-refractivity contribution in [3.63, 3.8) is 0 Å². The van der Waals surface area contributed by atoms with Gasteiger partial charge in [-0.25, -0.2) is 13.1 Å². The molecule has 2 atom stereocenters. The number of nitrogens with one attached hydrogen (secondary N) is 2. The second kappa shape index (κ2) is 9.22. The maximum atomic E-state index is 12.1. The number of rotatable bonds is 8. The van der Waals surface area contributed by atoms with Gasteiger partial charge in [-0.15, -0.1) is 0 Å². The number of ether oxygens (including phenoxy) is 1. The zero-order valence-corrected chi connectivity index (χ0v) is 14.9. The molecule has 134 valence electrons. The van der Waals surface area contributed by atoms with Crippen molar-refractivity contribution in [2.45, 2.75) is 63.7 Å². The lowest BCUT2D eigenvalue weighted by atomic mass is 9.95. The van der Waals surface area contributed by atoms with Crippen LogP contribution in [0.2, 0.25) is 0 Å². The molecule has 0 bridgehead atoms. The Morgan fingerprint density at radius 1 is 1.17 bits per heavy atom. The van der Waals surface area contributed by atoms with Gasteiger partial charge in [0.05, 0.1) is 18.3 Å². The van der Waals surface area contributed by atoms with E-state index in [1.165, 1.54) is 27.4 Å². The van der Waals surface area contributed by atoms with Crippen LogP contribution in [0.3, 0.4) is 0 Å². The lowest BCUT2D eigenvalue weighted by Crippen LogP contribution is -2.42. The second-order valence-electron chi connectivity index (χ2n) is 6.11. The third-order valence-electron chi connectivity index (χ3n) is 4.39. The maximum Gasteiger partial charge on any atom is 0.309 e. The molecule has 1 rings (SSSR count). The molecule has 7 nitrogen and oxygen atoms in total. The van der Waals surface area contributed by atoms with Crippen molar-refractivity contribution in [2.75, 3.05) is 13.7 Å². The van der Waals surface area contributed by atoms with Crippen molar-refractivity contribution in [1.29, 1.82) is 0 Å². The zero-order valence-electron chi connectivity index (χ0n) is 14.1. The summed E-state index contributed by atoms with van der Waals surface area (Å²) in [6, 6.07) is 0.214. The molecule has 0 radical (unpaired) electrons. The summed E-state index contributed by atoms with van der Waals surface area (Å²) in [5.74, 6) is -1.49. The molecular weight excluding hydrogens is 320 g/mol. The van der Waals surface area contributed by atoms with E-state index in [1.54, 1.807) is 0 Å². The van der Waals surface area contributed by atoms with Gasteiger partial charge in [0.25, 0.3) is 0 Å². The summed E-state index contributed by atoms with van der Waals surface area (Å²) >= 11 is 0. The fourth-order valence-corrected chi connectivity index (χ4v) is 3.93. The van der Waals surface area contributed by atoms with E-state index in [-0.39, 0.29) is 24.9 Å². The van der Waals surface area contributed by atoms with Crippen LogP contribution in [0.25, 0.3) is 0 Å². The normalized spacial score (nSPS) is 18.9. The van der Waals surface area contributed by atoms with Gasteiger partial charge in [-0.3, -0.25) is 9.59 Å². The van der Waals surface area contributed by atoms with E-state index in [4.69, 9.17) is 0 Å². The largest absolute Gasteiger partial charge is 0.469 e. The van der Waals surface area contributed by atoms with Crippen LogP contribution in [0.5, 0.6) is 0 Å². The summed E-state index contributed by atoms with van der Waals surface area (Å²) in [7, 11) is -2.45. The summed E-state index contributed by atoms with van der Waals surface area (Å²) in [5, 5.41) is 2.02. The van der Waals surface area contributed by atoms with Crippen molar-refractivity contribution in [3.8, 4) is 0 Å². The van der Waals surface area contributed by atoms with Gasteiger partial charge in [-0.05, 0) is 19.8 Å². The molecular formula is C15H28N2O5S. The Morgan fingerprint density at radius 3 is 2.35 bits per heavy atom. The fourth-order valence-electron chi connectivity index (χ4n) is 2.63. The molecule has 1 saturated carbocycles. The standard InChI is InChI=1S/C15H28N2O5S/c1-11(15(19)22-3)12(2)23(20,21)16-10-9-14(18)17-13-7-5-4-6-8-13/h11-13,16H,4-10H2,1-3H3,(H,17,18). The Morgan fingerprint density at radius 2 is 1.78 bits per heavy atom. The molecule has 0 aromatic heterocycles. The summed E-state index contributed by atoms with van der Waals surface area (Å²) in [6.07, 6.45) is 5.54. The van der Waals surface area contributed by atoms with Crippen LogP contribution in [-0.4, -0.2) is 45.2 Å². The van der Waals surface area contributed by atoms with Gasteiger partial charge in [-0.1, -0.05) is 26.2 Å². The number of sulfonamides is 1. The first kappa shape index (κ1) is 19.9. The molecule has 0 spiro atoms. The topological polar surface area (TPSA) is 102 Å². The average molecular weight is 348 g/mol. The number of hydrogen-bond donors (Lipinski definition) is 2. The molecule has 0 heterocycles. The summed E-state index contributed by atoms with van der Waals surface area (Å²) < 4.78 is 31.2. The highest BCUT2D eigenvalue weighted by Crippen LogP contribution is 2.17. The maximum absolute atomic E-state index is 12.1. The van der Waals surface area contributed by atoms with Crippen molar-refractivity contribution < 1.29 is 22.7 Å². The van der Waals surface area contributed by atoms with E-state index in [1.807, 2.05) is 0 Å². The van der Waals surface area contributed by atoms with Gasteiger partial charge in [-0.2, -0.15) is 0 Å². The third kappa shape index (κ3) is 6.47. The van der Waals surface area contributed by atoms with Crippen molar-refractivity contribution >= 4 is 21.9 Å². The Bertz CT molecular complexity index is 500. The van der Waals surface area contributed by atoms with Crippen LogP contribution >= 0.6 is 0 Å². The molecule has 0 aromatic carbocycles. The molecule has 23 heavy (non-hydrogen) atoms. The number of carbonyl (C=O) groups excluding carboxylic acids is 2. The molecule has 0 aromatic rings. The quantitative estimate of drug-likeness (QED) is 0.636. The highest BCUT2D eigenvalue weighted by Gasteiger charge is 2.31. The van der Waals surface area contributed by atoms with Crippen molar-refractivity contribution in [2.24, 2.45) is 5.92 Å². The molecule has 1 aliphatic rings. The summed E-state index contributed by atoms with van der Waals surface area (Å²) in [4.78, 5) is 23.3. The number of amides is 1. The predicted octanol–water partition coefficient (Wildman–Crippen LogP) is 0.942.